The van der Waals surface area contributed by atoms with Gasteiger partial charge in [-0.1, -0.05) is 11.6 Å². The van der Waals surface area contributed by atoms with Gasteiger partial charge in [-0.15, -0.1) is 0 Å². The van der Waals surface area contributed by atoms with Gasteiger partial charge in [-0.05, 0) is 43.7 Å². The van der Waals surface area contributed by atoms with Crippen molar-refractivity contribution in [1.82, 2.24) is 4.57 Å². The average molecular weight is 336 g/mol. The van der Waals surface area contributed by atoms with Gasteiger partial charge in [0.25, 0.3) is 5.56 Å². The van der Waals surface area contributed by atoms with Gasteiger partial charge in [0.05, 0.1) is 12.6 Å². The molecule has 2 atom stereocenters. The summed E-state index contributed by atoms with van der Waals surface area (Å²) in [5, 5.41) is 20.4. The molecule has 1 aromatic heterocycles. The molecule has 0 saturated carbocycles. The van der Waals surface area contributed by atoms with Crippen LogP contribution >= 0.6 is 11.6 Å². The second-order valence-electron chi connectivity index (χ2n) is 6.22. The van der Waals surface area contributed by atoms with Crippen LogP contribution in [0.3, 0.4) is 0 Å². The maximum atomic E-state index is 12.4. The summed E-state index contributed by atoms with van der Waals surface area (Å²) in [7, 11) is 0. The van der Waals surface area contributed by atoms with Crippen molar-refractivity contribution in [1.29, 1.82) is 0 Å². The maximum absolute atomic E-state index is 12.4. The highest BCUT2D eigenvalue weighted by Crippen LogP contribution is 2.42. The van der Waals surface area contributed by atoms with Crippen LogP contribution in [0.4, 0.5) is 0 Å². The van der Waals surface area contributed by atoms with Gasteiger partial charge in [-0.25, -0.2) is 0 Å². The Morgan fingerprint density at radius 2 is 2.04 bits per heavy atom. The zero-order valence-electron chi connectivity index (χ0n) is 12.9. The van der Waals surface area contributed by atoms with Crippen molar-refractivity contribution in [2.24, 2.45) is 0 Å². The van der Waals surface area contributed by atoms with Gasteiger partial charge in [0, 0.05) is 22.8 Å². The lowest BCUT2D eigenvalue weighted by molar-refractivity contribution is -0.0642. The molecule has 0 radical (unpaired) electrons. The fourth-order valence-corrected chi connectivity index (χ4v) is 3.08. The van der Waals surface area contributed by atoms with Gasteiger partial charge in [0.15, 0.2) is 0 Å². The third-order valence-corrected chi connectivity index (χ3v) is 4.40. The Bertz CT molecular complexity index is 799. The van der Waals surface area contributed by atoms with Gasteiger partial charge in [0.1, 0.15) is 17.5 Å². The number of aliphatic hydroxyl groups is 2. The molecule has 5 nitrogen and oxygen atoms in total. The van der Waals surface area contributed by atoms with Crippen LogP contribution in [0.5, 0.6) is 5.75 Å². The van der Waals surface area contributed by atoms with Crippen molar-refractivity contribution in [2.75, 3.05) is 0 Å². The van der Waals surface area contributed by atoms with Crippen LogP contribution in [-0.2, 0) is 6.61 Å². The molecule has 0 spiro atoms. The van der Waals surface area contributed by atoms with E-state index in [0.29, 0.717) is 21.9 Å². The van der Waals surface area contributed by atoms with Gasteiger partial charge >= 0.3 is 0 Å². The summed E-state index contributed by atoms with van der Waals surface area (Å²) >= 11 is 6.08. The number of benzene rings is 1. The quantitative estimate of drug-likeness (QED) is 0.881. The number of ether oxygens (including phenoxy) is 1. The van der Waals surface area contributed by atoms with E-state index in [9.17, 15) is 9.90 Å². The predicted molar refractivity (Wildman–Crippen MR) is 86.9 cm³/mol. The van der Waals surface area contributed by atoms with Crippen molar-refractivity contribution in [3.05, 3.63) is 63.0 Å². The number of nitrogens with zero attached hydrogens (tertiary/aromatic N) is 1. The molecule has 0 saturated heterocycles. The topological polar surface area (TPSA) is 71.7 Å². The molecule has 0 bridgehead atoms. The van der Waals surface area contributed by atoms with E-state index < -0.39 is 17.7 Å². The lowest BCUT2D eigenvalue weighted by atomic mass is 9.86. The number of fused-ring (bicyclic) bond motifs is 1. The van der Waals surface area contributed by atoms with Crippen LogP contribution in [0.1, 0.15) is 31.0 Å². The van der Waals surface area contributed by atoms with E-state index in [1.807, 2.05) is 0 Å². The molecular weight excluding hydrogens is 318 g/mol. The Hall–Kier alpha value is -1.82. The average Bonchev–Trinajstić information content (AvgIpc) is 2.50. The van der Waals surface area contributed by atoms with Crippen LogP contribution < -0.4 is 10.3 Å². The number of hydrogen-bond donors (Lipinski definition) is 2. The fraction of sp³-hybridized carbons (Fsp3) is 0.353. The van der Waals surface area contributed by atoms with Gasteiger partial charge < -0.3 is 19.5 Å². The number of pyridine rings is 1. The van der Waals surface area contributed by atoms with E-state index in [4.69, 9.17) is 21.4 Å². The lowest BCUT2D eigenvalue weighted by Gasteiger charge is -2.42. The first kappa shape index (κ1) is 16.1. The maximum Gasteiger partial charge on any atom is 0.251 e. The van der Waals surface area contributed by atoms with Gasteiger partial charge in [-0.3, -0.25) is 4.79 Å². The van der Waals surface area contributed by atoms with Crippen molar-refractivity contribution >= 4 is 11.6 Å². The SMILES string of the molecule is CC1(C)Oc2ccc(Cl)cc2[C@@H](n2ccc(CO)cc2=O)[C@@H]1O. The first-order chi connectivity index (χ1) is 10.8. The Kier molecular flexibility index (Phi) is 3.96. The first-order valence-corrected chi connectivity index (χ1v) is 7.70. The largest absolute Gasteiger partial charge is 0.485 e. The van der Waals surface area contributed by atoms with Crippen LogP contribution in [0.2, 0.25) is 5.02 Å². The molecule has 122 valence electrons. The molecule has 1 aromatic carbocycles. The zero-order chi connectivity index (χ0) is 16.8. The lowest BCUT2D eigenvalue weighted by Crippen LogP contribution is -2.52. The summed E-state index contributed by atoms with van der Waals surface area (Å²) < 4.78 is 7.31. The Balaban J connectivity index is 2.21. The summed E-state index contributed by atoms with van der Waals surface area (Å²) in [6, 6.07) is 7.55. The highest BCUT2D eigenvalue weighted by atomic mass is 35.5. The summed E-state index contributed by atoms with van der Waals surface area (Å²) in [5.41, 5.74) is 0.0198. The van der Waals surface area contributed by atoms with Gasteiger partial charge in [-0.2, -0.15) is 0 Å². The Labute approximate surface area is 138 Å². The summed E-state index contributed by atoms with van der Waals surface area (Å²) in [4.78, 5) is 12.4. The van der Waals surface area contributed by atoms with E-state index in [1.54, 1.807) is 44.3 Å². The number of rotatable bonds is 2. The van der Waals surface area contributed by atoms with Crippen molar-refractivity contribution in [3.63, 3.8) is 0 Å². The number of hydrogen-bond acceptors (Lipinski definition) is 4. The second kappa shape index (κ2) is 5.67. The summed E-state index contributed by atoms with van der Waals surface area (Å²) in [5.74, 6) is 0.591. The highest BCUT2D eigenvalue weighted by Gasteiger charge is 2.44. The molecular formula is C17H18ClNO4. The minimum Gasteiger partial charge on any atom is -0.485 e. The molecule has 1 aliphatic heterocycles. The number of aliphatic hydroxyl groups excluding tert-OH is 2. The van der Waals surface area contributed by atoms with E-state index in [2.05, 4.69) is 0 Å². The van der Waals surface area contributed by atoms with Gasteiger partial charge in [0.2, 0.25) is 0 Å². The minimum absolute atomic E-state index is 0.208. The molecule has 2 N–H and O–H groups in total. The van der Waals surface area contributed by atoms with Crippen LogP contribution in [-0.4, -0.2) is 26.5 Å². The molecule has 2 heterocycles. The first-order valence-electron chi connectivity index (χ1n) is 7.32. The normalized spacial score (nSPS) is 22.3. The Morgan fingerprint density at radius 3 is 2.70 bits per heavy atom. The molecule has 6 heteroatoms. The molecule has 23 heavy (non-hydrogen) atoms. The van der Waals surface area contributed by atoms with Crippen LogP contribution in [0.15, 0.2) is 41.3 Å². The molecule has 0 aliphatic carbocycles. The van der Waals surface area contributed by atoms with E-state index in [0.717, 1.165) is 0 Å². The summed E-state index contributed by atoms with van der Waals surface area (Å²) in [6.45, 7) is 3.34. The van der Waals surface area contributed by atoms with Crippen LogP contribution in [0, 0.1) is 0 Å². The zero-order valence-corrected chi connectivity index (χ0v) is 13.6. The number of halogens is 1. The third-order valence-electron chi connectivity index (χ3n) is 4.17. The number of aromatic nitrogens is 1. The fourth-order valence-electron chi connectivity index (χ4n) is 2.90. The molecule has 0 unspecified atom stereocenters. The van der Waals surface area contributed by atoms with Crippen molar-refractivity contribution in [3.8, 4) is 5.75 Å². The van der Waals surface area contributed by atoms with Crippen LogP contribution in [0.25, 0.3) is 0 Å². The molecule has 2 aromatic rings. The van der Waals surface area contributed by atoms with Crippen molar-refractivity contribution in [2.45, 2.75) is 38.2 Å². The minimum atomic E-state index is -0.939. The smallest absolute Gasteiger partial charge is 0.251 e. The molecule has 1 aliphatic rings. The third kappa shape index (κ3) is 2.76. The molecule has 0 amide bonds. The van der Waals surface area contributed by atoms with E-state index in [1.165, 1.54) is 10.6 Å². The van der Waals surface area contributed by atoms with Crippen molar-refractivity contribution < 1.29 is 14.9 Å². The Morgan fingerprint density at radius 1 is 1.30 bits per heavy atom. The van der Waals surface area contributed by atoms with E-state index in [-0.39, 0.29) is 12.2 Å². The molecule has 3 rings (SSSR count). The predicted octanol–water partition coefficient (Wildman–Crippen LogP) is 2.12. The molecule has 0 fully saturated rings. The standard InChI is InChI=1S/C17H18ClNO4/c1-17(2)16(22)15(12-8-11(18)3-4-13(12)23-17)19-6-5-10(9-20)7-14(19)21/h3-8,15-16,20,22H,9H2,1-2H3/t15-,16+/m1/s1. The highest BCUT2D eigenvalue weighted by molar-refractivity contribution is 6.30. The second-order valence-corrected chi connectivity index (χ2v) is 6.65. The summed E-state index contributed by atoms with van der Waals surface area (Å²) in [6.07, 6.45) is 0.638. The van der Waals surface area contributed by atoms with E-state index >= 15 is 0 Å². The monoisotopic (exact) mass is 335 g/mol.